The van der Waals surface area contributed by atoms with Crippen molar-refractivity contribution in [2.24, 2.45) is 0 Å². The molecule has 1 unspecified atom stereocenters. The van der Waals surface area contributed by atoms with Crippen LogP contribution in [-0.4, -0.2) is 47.3 Å². The van der Waals surface area contributed by atoms with Gasteiger partial charge in [-0.15, -0.1) is 0 Å². The first-order chi connectivity index (χ1) is 16.5. The molecular weight excluding hydrogens is 426 g/mol. The summed E-state index contributed by atoms with van der Waals surface area (Å²) in [5.74, 6) is 1.53. The number of likely N-dealkylation sites (N-methyl/N-ethyl adjacent to an activating group) is 1. The maximum atomic E-state index is 9.53. The normalized spacial score (nSPS) is 15.0. The van der Waals surface area contributed by atoms with Crippen LogP contribution >= 0.6 is 0 Å². The summed E-state index contributed by atoms with van der Waals surface area (Å²) < 4.78 is 11.3. The third-order valence-electron chi connectivity index (χ3n) is 6.36. The van der Waals surface area contributed by atoms with E-state index in [9.17, 15) is 5.26 Å². The molecule has 1 aliphatic rings. The van der Waals surface area contributed by atoms with Gasteiger partial charge in [0.1, 0.15) is 11.8 Å². The van der Waals surface area contributed by atoms with E-state index in [1.807, 2.05) is 19.9 Å². The molecule has 7 nitrogen and oxygen atoms in total. The highest BCUT2D eigenvalue weighted by Gasteiger charge is 2.26. The van der Waals surface area contributed by atoms with Crippen molar-refractivity contribution in [1.82, 2.24) is 20.4 Å². The lowest BCUT2D eigenvalue weighted by Crippen LogP contribution is -2.33. The second-order valence-corrected chi connectivity index (χ2v) is 8.86. The average molecular weight is 460 g/mol. The Morgan fingerprint density at radius 3 is 2.79 bits per heavy atom. The minimum Gasteiger partial charge on any atom is -0.490 e. The molecule has 1 N–H and O–H groups in total. The van der Waals surface area contributed by atoms with Crippen molar-refractivity contribution in [2.75, 3.05) is 26.2 Å². The molecule has 0 aliphatic heterocycles. The summed E-state index contributed by atoms with van der Waals surface area (Å²) in [5.41, 5.74) is 4.78. The number of hydrogen-bond acceptors (Lipinski definition) is 7. The van der Waals surface area contributed by atoms with Crippen LogP contribution in [0.3, 0.4) is 0 Å². The SMILES string of the molecule is CCN(CC)CCNC1CCc2c(-c3noc(-c4ccc(OC(C)C)c(C#N)c4)n3)cccc21. The van der Waals surface area contributed by atoms with E-state index in [-0.39, 0.29) is 6.10 Å². The molecule has 1 heterocycles. The predicted molar refractivity (Wildman–Crippen MR) is 133 cm³/mol. The smallest absolute Gasteiger partial charge is 0.258 e. The van der Waals surface area contributed by atoms with Crippen molar-refractivity contribution >= 4 is 0 Å². The molecule has 3 aromatic rings. The average Bonchev–Trinajstić information content (AvgIpc) is 3.49. The minimum atomic E-state index is -0.0105. The largest absolute Gasteiger partial charge is 0.490 e. The van der Waals surface area contributed by atoms with Crippen LogP contribution in [0.2, 0.25) is 0 Å². The zero-order valence-electron chi connectivity index (χ0n) is 20.5. The molecule has 0 radical (unpaired) electrons. The van der Waals surface area contributed by atoms with Gasteiger partial charge in [-0.1, -0.05) is 37.2 Å². The number of fused-ring (bicyclic) bond motifs is 1. The van der Waals surface area contributed by atoms with Crippen LogP contribution in [0, 0.1) is 11.3 Å². The van der Waals surface area contributed by atoms with Crippen LogP contribution in [0.25, 0.3) is 22.8 Å². The Bertz CT molecular complexity index is 1160. The van der Waals surface area contributed by atoms with Crippen molar-refractivity contribution in [3.63, 3.8) is 0 Å². The van der Waals surface area contributed by atoms with Crippen molar-refractivity contribution in [2.45, 2.75) is 52.7 Å². The highest BCUT2D eigenvalue weighted by atomic mass is 16.5. The maximum Gasteiger partial charge on any atom is 0.258 e. The number of nitrogens with zero attached hydrogens (tertiary/aromatic N) is 4. The number of benzene rings is 2. The Morgan fingerprint density at radius 2 is 2.06 bits per heavy atom. The quantitative estimate of drug-likeness (QED) is 0.457. The Hall–Kier alpha value is -3.21. The van der Waals surface area contributed by atoms with Gasteiger partial charge in [0.15, 0.2) is 0 Å². The van der Waals surface area contributed by atoms with Crippen LogP contribution in [0.4, 0.5) is 0 Å². The van der Waals surface area contributed by atoms with E-state index in [1.54, 1.807) is 12.1 Å². The fourth-order valence-electron chi connectivity index (χ4n) is 4.57. The summed E-state index contributed by atoms with van der Waals surface area (Å²) in [6.07, 6.45) is 2.04. The van der Waals surface area contributed by atoms with Crippen LogP contribution in [0.15, 0.2) is 40.9 Å². The van der Waals surface area contributed by atoms with Gasteiger partial charge < -0.3 is 19.5 Å². The summed E-state index contributed by atoms with van der Waals surface area (Å²) in [4.78, 5) is 7.10. The Morgan fingerprint density at radius 1 is 1.24 bits per heavy atom. The first-order valence-corrected chi connectivity index (χ1v) is 12.2. The molecule has 0 saturated heterocycles. The molecule has 7 heteroatoms. The van der Waals surface area contributed by atoms with E-state index < -0.39 is 0 Å². The van der Waals surface area contributed by atoms with Crippen molar-refractivity contribution < 1.29 is 9.26 Å². The van der Waals surface area contributed by atoms with Gasteiger partial charge >= 0.3 is 0 Å². The first kappa shape index (κ1) is 23.9. The summed E-state index contributed by atoms with van der Waals surface area (Å²) in [5, 5.41) is 17.5. The fraction of sp³-hybridized carbons (Fsp3) is 0.444. The molecule has 34 heavy (non-hydrogen) atoms. The number of ether oxygens (including phenoxy) is 1. The Labute approximate surface area is 201 Å². The molecule has 0 amide bonds. The van der Waals surface area contributed by atoms with E-state index in [2.05, 4.69) is 58.5 Å². The lowest BCUT2D eigenvalue weighted by atomic mass is 10.0. The fourth-order valence-corrected chi connectivity index (χ4v) is 4.57. The molecular formula is C27H33N5O2. The van der Waals surface area contributed by atoms with Gasteiger partial charge in [-0.25, -0.2) is 0 Å². The molecule has 0 fully saturated rings. The third kappa shape index (κ3) is 5.14. The number of aromatic nitrogens is 2. The highest BCUT2D eigenvalue weighted by Crippen LogP contribution is 2.37. The van der Waals surface area contributed by atoms with Crippen molar-refractivity contribution in [3.05, 3.63) is 53.1 Å². The molecule has 4 rings (SSSR count). The van der Waals surface area contributed by atoms with E-state index in [0.29, 0.717) is 34.6 Å². The molecule has 1 aliphatic carbocycles. The predicted octanol–water partition coefficient (Wildman–Crippen LogP) is 4.98. The van der Waals surface area contributed by atoms with E-state index in [4.69, 9.17) is 9.26 Å². The Balaban J connectivity index is 1.53. The van der Waals surface area contributed by atoms with Gasteiger partial charge in [0.05, 0.1) is 11.7 Å². The topological polar surface area (TPSA) is 87.2 Å². The lowest BCUT2D eigenvalue weighted by molar-refractivity contribution is 0.241. The number of nitrogens with one attached hydrogen (secondary N) is 1. The van der Waals surface area contributed by atoms with Gasteiger partial charge in [0.25, 0.3) is 5.89 Å². The molecule has 1 atom stereocenters. The second kappa shape index (κ2) is 10.8. The van der Waals surface area contributed by atoms with Gasteiger partial charge in [-0.3, -0.25) is 0 Å². The first-order valence-electron chi connectivity index (χ1n) is 12.2. The van der Waals surface area contributed by atoms with Crippen LogP contribution in [0.1, 0.15) is 56.8 Å². The minimum absolute atomic E-state index is 0.0105. The maximum absolute atomic E-state index is 9.53. The molecule has 0 bridgehead atoms. The Kier molecular flexibility index (Phi) is 7.61. The van der Waals surface area contributed by atoms with Gasteiger partial charge in [-0.2, -0.15) is 10.2 Å². The number of rotatable bonds is 10. The van der Waals surface area contributed by atoms with Crippen molar-refractivity contribution in [3.8, 4) is 34.7 Å². The second-order valence-electron chi connectivity index (χ2n) is 8.86. The van der Waals surface area contributed by atoms with Gasteiger partial charge in [0.2, 0.25) is 5.82 Å². The standard InChI is InChI=1S/C27H33N5O2/c1-5-32(6-2)15-14-29-24-12-11-21-22(24)8-7-9-23(21)26-30-27(34-31-26)19-10-13-25(33-18(3)4)20(16-19)17-28/h7-10,13,16,18,24,29H,5-6,11-12,14-15H2,1-4H3. The monoisotopic (exact) mass is 459 g/mol. The zero-order valence-corrected chi connectivity index (χ0v) is 20.5. The van der Waals surface area contributed by atoms with Crippen LogP contribution in [0.5, 0.6) is 5.75 Å². The van der Waals surface area contributed by atoms with Crippen LogP contribution in [-0.2, 0) is 6.42 Å². The summed E-state index contributed by atoms with van der Waals surface area (Å²) in [6.45, 7) is 12.5. The molecule has 178 valence electrons. The number of hydrogen-bond donors (Lipinski definition) is 1. The van der Waals surface area contributed by atoms with E-state index in [1.165, 1.54) is 11.1 Å². The highest BCUT2D eigenvalue weighted by molar-refractivity contribution is 5.67. The van der Waals surface area contributed by atoms with E-state index in [0.717, 1.165) is 44.6 Å². The van der Waals surface area contributed by atoms with Crippen LogP contribution < -0.4 is 10.1 Å². The van der Waals surface area contributed by atoms with Gasteiger partial charge in [-0.05, 0) is 69.1 Å². The molecule has 0 spiro atoms. The van der Waals surface area contributed by atoms with Crippen molar-refractivity contribution in [1.29, 1.82) is 5.26 Å². The van der Waals surface area contributed by atoms with Gasteiger partial charge in [0, 0.05) is 30.3 Å². The van der Waals surface area contributed by atoms with E-state index >= 15 is 0 Å². The zero-order chi connectivity index (χ0) is 24.1. The molecule has 1 aromatic heterocycles. The third-order valence-corrected chi connectivity index (χ3v) is 6.36. The molecule has 2 aromatic carbocycles. The lowest BCUT2D eigenvalue weighted by Gasteiger charge is -2.20. The summed E-state index contributed by atoms with van der Waals surface area (Å²) in [6, 6.07) is 14.2. The molecule has 0 saturated carbocycles. The number of nitriles is 1. The summed E-state index contributed by atoms with van der Waals surface area (Å²) >= 11 is 0. The summed E-state index contributed by atoms with van der Waals surface area (Å²) in [7, 11) is 0.